The van der Waals surface area contributed by atoms with E-state index in [-0.39, 0.29) is 0 Å². The summed E-state index contributed by atoms with van der Waals surface area (Å²) in [7, 11) is 2.05. The number of nitrogens with one attached hydrogen (secondary N) is 1. The highest BCUT2D eigenvalue weighted by Gasteiger charge is 2.22. The summed E-state index contributed by atoms with van der Waals surface area (Å²) in [5.74, 6) is 1.03. The van der Waals surface area contributed by atoms with Crippen molar-refractivity contribution in [2.24, 2.45) is 0 Å². The van der Waals surface area contributed by atoms with E-state index in [1.807, 2.05) is 7.05 Å². The Hall–Kier alpha value is -1.02. The molecule has 0 saturated heterocycles. The summed E-state index contributed by atoms with van der Waals surface area (Å²) < 4.78 is 6.11. The van der Waals surface area contributed by atoms with Crippen molar-refractivity contribution in [3.05, 3.63) is 29.3 Å². The van der Waals surface area contributed by atoms with Crippen LogP contribution in [0.2, 0.25) is 0 Å². The number of ether oxygens (including phenoxy) is 1. The summed E-state index contributed by atoms with van der Waals surface area (Å²) in [6, 6.07) is 7.08. The zero-order valence-electron chi connectivity index (χ0n) is 11.1. The summed E-state index contributed by atoms with van der Waals surface area (Å²) >= 11 is 0. The summed E-state index contributed by atoms with van der Waals surface area (Å²) in [4.78, 5) is 0. The number of hydrogen-bond acceptors (Lipinski definition) is 2. The summed E-state index contributed by atoms with van der Waals surface area (Å²) in [5.41, 5.74) is 2.56. The van der Waals surface area contributed by atoms with Gasteiger partial charge in [0.15, 0.2) is 0 Å². The number of rotatable bonds is 3. The second-order valence-corrected chi connectivity index (χ2v) is 5.22. The standard InChI is InChI=1S/C15H23NO/c1-11-7-12(2)9-15(8-11)17-14-6-4-5-13(10-14)16-3/h7-9,13-14,16H,4-6,10H2,1-3H3. The van der Waals surface area contributed by atoms with Crippen LogP contribution in [-0.2, 0) is 0 Å². The maximum absolute atomic E-state index is 6.11. The Bertz CT molecular complexity index is 355. The highest BCUT2D eigenvalue weighted by Crippen LogP contribution is 2.25. The van der Waals surface area contributed by atoms with Crippen LogP contribution in [-0.4, -0.2) is 19.2 Å². The van der Waals surface area contributed by atoms with E-state index < -0.39 is 0 Å². The second kappa shape index (κ2) is 5.54. The molecule has 2 rings (SSSR count). The van der Waals surface area contributed by atoms with Crippen LogP contribution in [0.1, 0.15) is 36.8 Å². The van der Waals surface area contributed by atoms with Crippen LogP contribution in [0.5, 0.6) is 5.75 Å². The molecule has 1 saturated carbocycles. The zero-order chi connectivity index (χ0) is 12.3. The minimum Gasteiger partial charge on any atom is -0.490 e. The Balaban J connectivity index is 2.00. The zero-order valence-corrected chi connectivity index (χ0v) is 11.1. The van der Waals surface area contributed by atoms with Crippen LogP contribution < -0.4 is 10.1 Å². The predicted molar refractivity (Wildman–Crippen MR) is 71.6 cm³/mol. The van der Waals surface area contributed by atoms with Crippen LogP contribution in [0.3, 0.4) is 0 Å². The molecule has 0 radical (unpaired) electrons. The molecule has 1 aromatic carbocycles. The topological polar surface area (TPSA) is 21.3 Å². The number of benzene rings is 1. The van der Waals surface area contributed by atoms with E-state index in [0.717, 1.165) is 12.2 Å². The Morgan fingerprint density at radius 2 is 1.82 bits per heavy atom. The van der Waals surface area contributed by atoms with Crippen LogP contribution in [0.25, 0.3) is 0 Å². The molecule has 1 N–H and O–H groups in total. The van der Waals surface area contributed by atoms with Crippen molar-refractivity contribution >= 4 is 0 Å². The lowest BCUT2D eigenvalue weighted by molar-refractivity contribution is 0.137. The molecule has 1 aromatic rings. The van der Waals surface area contributed by atoms with Gasteiger partial charge in [-0.1, -0.05) is 6.07 Å². The Morgan fingerprint density at radius 3 is 2.47 bits per heavy atom. The van der Waals surface area contributed by atoms with Crippen LogP contribution in [0.4, 0.5) is 0 Å². The van der Waals surface area contributed by atoms with Gasteiger partial charge in [0.25, 0.3) is 0 Å². The highest BCUT2D eigenvalue weighted by atomic mass is 16.5. The van der Waals surface area contributed by atoms with Crippen molar-refractivity contribution in [2.75, 3.05) is 7.05 Å². The molecule has 2 atom stereocenters. The lowest BCUT2D eigenvalue weighted by atomic mass is 9.93. The average molecular weight is 233 g/mol. The second-order valence-electron chi connectivity index (χ2n) is 5.22. The van der Waals surface area contributed by atoms with Crippen LogP contribution in [0.15, 0.2) is 18.2 Å². The van der Waals surface area contributed by atoms with Gasteiger partial charge in [0.2, 0.25) is 0 Å². The maximum atomic E-state index is 6.11. The molecule has 0 heterocycles. The van der Waals surface area contributed by atoms with Crippen molar-refractivity contribution in [1.29, 1.82) is 0 Å². The normalized spacial score (nSPS) is 24.6. The molecule has 0 aromatic heterocycles. The fourth-order valence-corrected chi connectivity index (χ4v) is 2.71. The molecule has 2 nitrogen and oxygen atoms in total. The highest BCUT2D eigenvalue weighted by molar-refractivity contribution is 5.33. The Labute approximate surface area is 104 Å². The van der Waals surface area contributed by atoms with Gasteiger partial charge in [0, 0.05) is 6.04 Å². The third-order valence-corrected chi connectivity index (χ3v) is 3.53. The molecule has 17 heavy (non-hydrogen) atoms. The molecule has 0 amide bonds. The van der Waals surface area contributed by atoms with Crippen LogP contribution >= 0.6 is 0 Å². The van der Waals surface area contributed by atoms with Crippen molar-refractivity contribution < 1.29 is 4.74 Å². The van der Waals surface area contributed by atoms with Gasteiger partial charge in [-0.15, -0.1) is 0 Å². The molecule has 94 valence electrons. The largest absolute Gasteiger partial charge is 0.490 e. The van der Waals surface area contributed by atoms with Gasteiger partial charge >= 0.3 is 0 Å². The summed E-state index contributed by atoms with van der Waals surface area (Å²) in [6.07, 6.45) is 5.24. The lowest BCUT2D eigenvalue weighted by Gasteiger charge is -2.29. The first-order valence-electron chi connectivity index (χ1n) is 6.59. The first kappa shape index (κ1) is 12.4. The van der Waals surface area contributed by atoms with Gasteiger partial charge in [-0.3, -0.25) is 0 Å². The quantitative estimate of drug-likeness (QED) is 0.865. The summed E-state index contributed by atoms with van der Waals surface area (Å²) in [6.45, 7) is 4.24. The first-order chi connectivity index (χ1) is 8.17. The smallest absolute Gasteiger partial charge is 0.120 e. The first-order valence-corrected chi connectivity index (χ1v) is 6.59. The maximum Gasteiger partial charge on any atom is 0.120 e. The van der Waals surface area contributed by atoms with E-state index in [1.165, 1.54) is 30.4 Å². The van der Waals surface area contributed by atoms with Crippen molar-refractivity contribution in [3.63, 3.8) is 0 Å². The van der Waals surface area contributed by atoms with Crippen molar-refractivity contribution in [1.82, 2.24) is 5.32 Å². The van der Waals surface area contributed by atoms with E-state index in [4.69, 9.17) is 4.74 Å². The monoisotopic (exact) mass is 233 g/mol. The van der Waals surface area contributed by atoms with E-state index in [0.29, 0.717) is 12.1 Å². The fraction of sp³-hybridized carbons (Fsp3) is 0.600. The van der Waals surface area contributed by atoms with E-state index in [1.54, 1.807) is 0 Å². The minimum absolute atomic E-state index is 0.377. The van der Waals surface area contributed by atoms with Gasteiger partial charge in [0.1, 0.15) is 11.9 Å². The number of aryl methyl sites for hydroxylation is 2. The Morgan fingerprint density at radius 1 is 1.12 bits per heavy atom. The summed E-state index contributed by atoms with van der Waals surface area (Å²) in [5, 5.41) is 3.36. The van der Waals surface area contributed by atoms with E-state index in [2.05, 4.69) is 37.4 Å². The third kappa shape index (κ3) is 3.47. The van der Waals surface area contributed by atoms with Gasteiger partial charge in [-0.25, -0.2) is 0 Å². The lowest BCUT2D eigenvalue weighted by Crippen LogP contribution is -2.36. The molecule has 0 bridgehead atoms. The van der Waals surface area contributed by atoms with E-state index >= 15 is 0 Å². The SMILES string of the molecule is CNC1CCCC(Oc2cc(C)cc(C)c2)C1. The predicted octanol–water partition coefficient (Wildman–Crippen LogP) is 3.21. The van der Waals surface area contributed by atoms with Gasteiger partial charge < -0.3 is 10.1 Å². The molecule has 0 aliphatic heterocycles. The number of hydrogen-bond donors (Lipinski definition) is 1. The van der Waals surface area contributed by atoms with Crippen molar-refractivity contribution in [3.8, 4) is 5.75 Å². The van der Waals surface area contributed by atoms with Gasteiger partial charge in [-0.05, 0) is 69.8 Å². The van der Waals surface area contributed by atoms with Crippen molar-refractivity contribution in [2.45, 2.75) is 51.7 Å². The molecular formula is C15H23NO. The third-order valence-electron chi connectivity index (χ3n) is 3.53. The molecule has 1 aliphatic carbocycles. The van der Waals surface area contributed by atoms with Gasteiger partial charge in [-0.2, -0.15) is 0 Å². The molecule has 2 heteroatoms. The molecule has 1 aliphatic rings. The fourth-order valence-electron chi connectivity index (χ4n) is 2.71. The molecular weight excluding hydrogens is 210 g/mol. The molecule has 0 spiro atoms. The average Bonchev–Trinajstić information content (AvgIpc) is 2.28. The minimum atomic E-state index is 0.377. The molecule has 1 fully saturated rings. The van der Waals surface area contributed by atoms with Gasteiger partial charge in [0.05, 0.1) is 0 Å². The van der Waals surface area contributed by atoms with Crippen LogP contribution in [0, 0.1) is 13.8 Å². The van der Waals surface area contributed by atoms with E-state index in [9.17, 15) is 0 Å². The molecule has 2 unspecified atom stereocenters. The Kier molecular flexibility index (Phi) is 4.06.